The molecule has 1 atom stereocenters. The van der Waals surface area contributed by atoms with Crippen molar-refractivity contribution in [2.75, 3.05) is 6.54 Å². The minimum atomic E-state index is 0.678. The number of aromatic nitrogens is 1. The van der Waals surface area contributed by atoms with E-state index < -0.39 is 0 Å². The van der Waals surface area contributed by atoms with E-state index in [4.69, 9.17) is 0 Å². The lowest BCUT2D eigenvalue weighted by Gasteiger charge is -2.15. The lowest BCUT2D eigenvalue weighted by molar-refractivity contribution is 0.469. The first-order valence-electron chi connectivity index (χ1n) is 5.47. The van der Waals surface area contributed by atoms with Crippen LogP contribution in [0.3, 0.4) is 0 Å². The maximum Gasteiger partial charge on any atom is 0.0794 e. The fraction of sp³-hybridized carbons (Fsp3) is 0.727. The summed E-state index contributed by atoms with van der Waals surface area (Å²) in [6, 6.07) is 0.678. The molecule has 2 nitrogen and oxygen atoms in total. The van der Waals surface area contributed by atoms with Gasteiger partial charge in [-0.3, -0.25) is 4.98 Å². The predicted molar refractivity (Wildman–Crippen MR) is 62.8 cm³/mol. The molecule has 14 heavy (non-hydrogen) atoms. The molecule has 1 aromatic heterocycles. The first-order chi connectivity index (χ1) is 6.86. The average Bonchev–Trinajstić information content (AvgIpc) is 2.71. The fourth-order valence-electron chi connectivity index (χ4n) is 1.48. The highest BCUT2D eigenvalue weighted by Crippen LogP contribution is 2.11. The Bertz CT molecular complexity index is 221. The van der Waals surface area contributed by atoms with Crippen molar-refractivity contribution in [3.63, 3.8) is 0 Å². The molecule has 1 unspecified atom stereocenters. The molecule has 0 aromatic carbocycles. The third kappa shape index (κ3) is 4.20. The molecule has 1 aromatic rings. The molecule has 0 saturated heterocycles. The van der Waals surface area contributed by atoms with Crippen LogP contribution in [0.2, 0.25) is 0 Å². The number of nitrogens with zero attached hydrogens (tertiary/aromatic N) is 1. The number of rotatable bonds is 7. The molecule has 0 aliphatic carbocycles. The van der Waals surface area contributed by atoms with Gasteiger partial charge in [-0.15, -0.1) is 11.3 Å². The van der Waals surface area contributed by atoms with Crippen LogP contribution in [0.5, 0.6) is 0 Å². The number of hydrogen-bond acceptors (Lipinski definition) is 3. The summed E-state index contributed by atoms with van der Waals surface area (Å²) in [4.78, 5) is 5.49. The summed E-state index contributed by atoms with van der Waals surface area (Å²) in [6.07, 6.45) is 6.83. The van der Waals surface area contributed by atoms with E-state index in [0.29, 0.717) is 6.04 Å². The van der Waals surface area contributed by atoms with Crippen LogP contribution in [0.15, 0.2) is 11.7 Å². The summed E-state index contributed by atoms with van der Waals surface area (Å²) < 4.78 is 0. The molecule has 3 heteroatoms. The Labute approximate surface area is 90.8 Å². The average molecular weight is 212 g/mol. The maximum absolute atomic E-state index is 4.09. The Hall–Kier alpha value is -0.410. The van der Waals surface area contributed by atoms with Gasteiger partial charge in [-0.05, 0) is 32.2 Å². The van der Waals surface area contributed by atoms with E-state index in [-0.39, 0.29) is 0 Å². The van der Waals surface area contributed by atoms with Gasteiger partial charge in [0.2, 0.25) is 0 Å². The number of aryl methyl sites for hydroxylation is 1. The van der Waals surface area contributed by atoms with E-state index in [2.05, 4.69) is 24.1 Å². The second kappa shape index (κ2) is 6.96. The summed E-state index contributed by atoms with van der Waals surface area (Å²) in [6.45, 7) is 5.60. The van der Waals surface area contributed by atoms with Crippen LogP contribution in [0.4, 0.5) is 0 Å². The van der Waals surface area contributed by atoms with Crippen LogP contribution in [0, 0.1) is 0 Å². The van der Waals surface area contributed by atoms with Gasteiger partial charge < -0.3 is 5.32 Å². The van der Waals surface area contributed by atoms with Gasteiger partial charge in [0.05, 0.1) is 5.51 Å². The molecule has 0 aliphatic rings. The molecule has 0 aliphatic heterocycles. The van der Waals surface area contributed by atoms with Gasteiger partial charge in [0.15, 0.2) is 0 Å². The Morgan fingerprint density at radius 1 is 1.50 bits per heavy atom. The molecule has 0 amide bonds. The highest BCUT2D eigenvalue weighted by molar-refractivity contribution is 7.09. The molecule has 0 bridgehead atoms. The first kappa shape index (κ1) is 11.7. The van der Waals surface area contributed by atoms with E-state index in [0.717, 1.165) is 6.54 Å². The number of nitrogens with one attached hydrogen (secondary N) is 1. The van der Waals surface area contributed by atoms with Crippen molar-refractivity contribution in [3.05, 3.63) is 16.6 Å². The normalized spacial score (nSPS) is 13.0. The van der Waals surface area contributed by atoms with Crippen molar-refractivity contribution < 1.29 is 0 Å². The van der Waals surface area contributed by atoms with Gasteiger partial charge in [0.1, 0.15) is 0 Å². The van der Waals surface area contributed by atoms with Crippen LogP contribution < -0.4 is 5.32 Å². The molecule has 0 spiro atoms. The Balaban J connectivity index is 2.20. The number of hydrogen-bond donors (Lipinski definition) is 1. The topological polar surface area (TPSA) is 24.9 Å². The molecule has 1 rings (SSSR count). The van der Waals surface area contributed by atoms with Gasteiger partial charge in [0.25, 0.3) is 0 Å². The van der Waals surface area contributed by atoms with Crippen molar-refractivity contribution in [2.24, 2.45) is 0 Å². The highest BCUT2D eigenvalue weighted by Gasteiger charge is 2.05. The standard InChI is InChI=1S/C11H20N2S/c1-3-7-13-10(4-2)5-6-11-8-12-9-14-11/h8-10,13H,3-7H2,1-2H3. The van der Waals surface area contributed by atoms with Gasteiger partial charge >= 0.3 is 0 Å². The lowest BCUT2D eigenvalue weighted by Crippen LogP contribution is -2.29. The highest BCUT2D eigenvalue weighted by atomic mass is 32.1. The maximum atomic E-state index is 4.09. The van der Waals surface area contributed by atoms with E-state index in [1.165, 1.54) is 30.6 Å². The fourth-order valence-corrected chi connectivity index (χ4v) is 2.10. The van der Waals surface area contributed by atoms with E-state index in [9.17, 15) is 0 Å². The summed E-state index contributed by atoms with van der Waals surface area (Å²) in [5, 5.41) is 3.57. The monoisotopic (exact) mass is 212 g/mol. The molecule has 1 heterocycles. The van der Waals surface area contributed by atoms with Crippen molar-refractivity contribution in [2.45, 2.75) is 45.6 Å². The van der Waals surface area contributed by atoms with Gasteiger partial charge in [0, 0.05) is 17.1 Å². The number of thiazole rings is 1. The molecule has 80 valence electrons. The van der Waals surface area contributed by atoms with Crippen LogP contribution in [-0.2, 0) is 6.42 Å². The zero-order valence-electron chi connectivity index (χ0n) is 9.12. The molecule has 0 saturated carbocycles. The molecular formula is C11H20N2S. The summed E-state index contributed by atoms with van der Waals surface area (Å²) in [5.41, 5.74) is 1.91. The van der Waals surface area contributed by atoms with Gasteiger partial charge in [-0.2, -0.15) is 0 Å². The van der Waals surface area contributed by atoms with E-state index >= 15 is 0 Å². The smallest absolute Gasteiger partial charge is 0.0794 e. The summed E-state index contributed by atoms with van der Waals surface area (Å²) in [7, 11) is 0. The predicted octanol–water partition coefficient (Wildman–Crippen LogP) is 2.85. The zero-order chi connectivity index (χ0) is 10.2. The van der Waals surface area contributed by atoms with Crippen molar-refractivity contribution in [1.82, 2.24) is 10.3 Å². The molecular weight excluding hydrogens is 192 g/mol. The minimum absolute atomic E-state index is 0.678. The first-order valence-corrected chi connectivity index (χ1v) is 6.35. The third-order valence-electron chi connectivity index (χ3n) is 2.40. The SMILES string of the molecule is CCCNC(CC)CCc1cncs1. The van der Waals surface area contributed by atoms with E-state index in [1.54, 1.807) is 11.3 Å². The van der Waals surface area contributed by atoms with Crippen molar-refractivity contribution >= 4 is 11.3 Å². The summed E-state index contributed by atoms with van der Waals surface area (Å²) >= 11 is 1.76. The second-order valence-electron chi connectivity index (χ2n) is 3.57. The molecule has 0 fully saturated rings. The lowest BCUT2D eigenvalue weighted by atomic mass is 10.1. The Morgan fingerprint density at radius 3 is 2.93 bits per heavy atom. The van der Waals surface area contributed by atoms with Crippen LogP contribution in [0.25, 0.3) is 0 Å². The van der Waals surface area contributed by atoms with Crippen LogP contribution in [-0.4, -0.2) is 17.6 Å². The second-order valence-corrected chi connectivity index (χ2v) is 4.54. The van der Waals surface area contributed by atoms with Crippen molar-refractivity contribution in [1.29, 1.82) is 0 Å². The third-order valence-corrected chi connectivity index (χ3v) is 3.24. The van der Waals surface area contributed by atoms with Crippen LogP contribution >= 0.6 is 11.3 Å². The Morgan fingerprint density at radius 2 is 2.36 bits per heavy atom. The van der Waals surface area contributed by atoms with Gasteiger partial charge in [-0.25, -0.2) is 0 Å². The zero-order valence-corrected chi connectivity index (χ0v) is 9.94. The van der Waals surface area contributed by atoms with E-state index in [1.807, 2.05) is 11.7 Å². The molecule has 0 radical (unpaired) electrons. The largest absolute Gasteiger partial charge is 0.314 e. The minimum Gasteiger partial charge on any atom is -0.314 e. The quantitative estimate of drug-likeness (QED) is 0.752. The van der Waals surface area contributed by atoms with Crippen LogP contribution in [0.1, 0.15) is 38.0 Å². The summed E-state index contributed by atoms with van der Waals surface area (Å²) in [5.74, 6) is 0. The van der Waals surface area contributed by atoms with Crippen molar-refractivity contribution in [3.8, 4) is 0 Å². The molecule has 1 N–H and O–H groups in total. The van der Waals surface area contributed by atoms with Gasteiger partial charge in [-0.1, -0.05) is 13.8 Å². The Kier molecular flexibility index (Phi) is 5.80.